The molecule has 0 radical (unpaired) electrons. The van der Waals surface area contributed by atoms with Crippen LogP contribution < -0.4 is 12.4 Å². The van der Waals surface area contributed by atoms with Gasteiger partial charge >= 0.3 is 0 Å². The summed E-state index contributed by atoms with van der Waals surface area (Å²) in [6.45, 7) is 4.09. The summed E-state index contributed by atoms with van der Waals surface area (Å²) in [6, 6.07) is 8.30. The van der Waals surface area contributed by atoms with E-state index < -0.39 is 0 Å². The highest BCUT2D eigenvalue weighted by Crippen LogP contribution is 2.22. The van der Waals surface area contributed by atoms with Crippen LogP contribution in [0.25, 0.3) is 0 Å². The minimum atomic E-state index is -0.290. The fourth-order valence-corrected chi connectivity index (χ4v) is 3.94. The summed E-state index contributed by atoms with van der Waals surface area (Å²) in [4.78, 5) is 23.5. The summed E-state index contributed by atoms with van der Waals surface area (Å²) in [5, 5.41) is 0. The van der Waals surface area contributed by atoms with Crippen molar-refractivity contribution < 1.29 is 22.0 Å². The standard InChI is InChI=1S/C14H18NO2S.ClH/c1-3-18(15-13(16)8-9-14(15)17)10-12-6-4-11(2)5-7-12;/h4-7H,3,8-10H2,1-2H3;1H/q+1;/p-1. The van der Waals surface area contributed by atoms with Crippen LogP contribution in [0.5, 0.6) is 0 Å². The van der Waals surface area contributed by atoms with Crippen molar-refractivity contribution in [2.75, 3.05) is 5.75 Å². The second-order valence-electron chi connectivity index (χ2n) is 4.46. The number of rotatable bonds is 4. The SMILES string of the molecule is CC[S+](Cc1ccc(C)cc1)N1C(=O)CCC1=O.[Cl-]. The van der Waals surface area contributed by atoms with Crippen molar-refractivity contribution in [3.63, 3.8) is 0 Å². The first-order valence-electron chi connectivity index (χ1n) is 6.20. The third kappa shape index (κ3) is 3.74. The number of hydrogen-bond donors (Lipinski definition) is 0. The summed E-state index contributed by atoms with van der Waals surface area (Å²) < 4.78 is 1.50. The van der Waals surface area contributed by atoms with E-state index >= 15 is 0 Å². The summed E-state index contributed by atoms with van der Waals surface area (Å²) in [7, 11) is 0. The highest BCUT2D eigenvalue weighted by atomic mass is 35.5. The van der Waals surface area contributed by atoms with Gasteiger partial charge in [-0.05, 0) is 13.8 Å². The van der Waals surface area contributed by atoms with Gasteiger partial charge in [0, 0.05) is 18.4 Å². The third-order valence-electron chi connectivity index (χ3n) is 3.05. The Bertz CT molecular complexity index is 445. The van der Waals surface area contributed by atoms with Crippen LogP contribution in [-0.4, -0.2) is 21.9 Å². The molecule has 5 heteroatoms. The fraction of sp³-hybridized carbons (Fsp3) is 0.429. The lowest BCUT2D eigenvalue weighted by atomic mass is 10.2. The number of carbonyl (C=O) groups is 2. The molecule has 1 fully saturated rings. The average Bonchev–Trinajstić information content (AvgIpc) is 2.69. The van der Waals surface area contributed by atoms with E-state index in [1.807, 2.05) is 6.92 Å². The number of amides is 2. The van der Waals surface area contributed by atoms with Crippen LogP contribution in [0.15, 0.2) is 24.3 Å². The number of aryl methyl sites for hydroxylation is 1. The number of hydrogen-bond acceptors (Lipinski definition) is 2. The highest BCUT2D eigenvalue weighted by molar-refractivity contribution is 7.94. The summed E-state index contributed by atoms with van der Waals surface area (Å²) in [6.07, 6.45) is 0.770. The van der Waals surface area contributed by atoms with Crippen molar-refractivity contribution in [1.82, 2.24) is 4.31 Å². The molecule has 2 rings (SSSR count). The van der Waals surface area contributed by atoms with Crippen LogP contribution in [0.3, 0.4) is 0 Å². The minimum Gasteiger partial charge on any atom is -1.00 e. The predicted molar refractivity (Wildman–Crippen MR) is 73.9 cm³/mol. The van der Waals surface area contributed by atoms with Gasteiger partial charge in [0.1, 0.15) is 16.8 Å². The molecule has 0 N–H and O–H groups in total. The maximum absolute atomic E-state index is 11.7. The minimum absolute atomic E-state index is 0. The van der Waals surface area contributed by atoms with Crippen LogP contribution in [-0.2, 0) is 26.4 Å². The smallest absolute Gasteiger partial charge is 0.273 e. The molecule has 104 valence electrons. The van der Waals surface area contributed by atoms with Crippen LogP contribution in [0.1, 0.15) is 30.9 Å². The van der Waals surface area contributed by atoms with E-state index in [1.165, 1.54) is 15.4 Å². The Hall–Kier alpha value is -1.00. The van der Waals surface area contributed by atoms with E-state index in [9.17, 15) is 9.59 Å². The van der Waals surface area contributed by atoms with Gasteiger partial charge in [-0.15, -0.1) is 0 Å². The van der Waals surface area contributed by atoms with Crippen molar-refractivity contribution in [2.45, 2.75) is 32.4 Å². The molecule has 19 heavy (non-hydrogen) atoms. The Morgan fingerprint density at radius 2 is 1.63 bits per heavy atom. The van der Waals surface area contributed by atoms with E-state index in [4.69, 9.17) is 0 Å². The van der Waals surface area contributed by atoms with Crippen molar-refractivity contribution >= 4 is 22.9 Å². The number of nitrogens with zero attached hydrogens (tertiary/aromatic N) is 1. The zero-order valence-electron chi connectivity index (χ0n) is 11.2. The highest BCUT2D eigenvalue weighted by Gasteiger charge is 2.42. The second kappa shape index (κ2) is 6.96. The van der Waals surface area contributed by atoms with Crippen LogP contribution >= 0.6 is 0 Å². The van der Waals surface area contributed by atoms with Gasteiger partial charge in [-0.2, -0.15) is 0 Å². The van der Waals surface area contributed by atoms with Crippen LogP contribution in [0.4, 0.5) is 0 Å². The molecule has 1 aliphatic heterocycles. The first-order valence-corrected chi connectivity index (χ1v) is 7.72. The Morgan fingerprint density at radius 3 is 2.11 bits per heavy atom. The van der Waals surface area contributed by atoms with Crippen molar-refractivity contribution in [3.8, 4) is 0 Å². The number of carbonyl (C=O) groups excluding carboxylic acids is 2. The molecule has 0 spiro atoms. The van der Waals surface area contributed by atoms with E-state index in [-0.39, 0.29) is 35.3 Å². The van der Waals surface area contributed by atoms with E-state index in [1.54, 1.807) is 0 Å². The molecule has 1 aliphatic rings. The number of benzene rings is 1. The summed E-state index contributed by atoms with van der Waals surface area (Å²) in [5.41, 5.74) is 2.42. The largest absolute Gasteiger partial charge is 1.00 e. The summed E-state index contributed by atoms with van der Waals surface area (Å²) in [5.74, 6) is 1.62. The normalized spacial score (nSPS) is 16.4. The van der Waals surface area contributed by atoms with Gasteiger partial charge < -0.3 is 12.4 Å². The maximum Gasteiger partial charge on any atom is 0.273 e. The first-order chi connectivity index (χ1) is 8.61. The van der Waals surface area contributed by atoms with Crippen molar-refractivity contribution in [1.29, 1.82) is 0 Å². The Kier molecular flexibility index (Phi) is 5.88. The molecule has 1 aromatic carbocycles. The van der Waals surface area contributed by atoms with Crippen LogP contribution in [0.2, 0.25) is 0 Å². The molecule has 0 saturated carbocycles. The molecule has 0 bridgehead atoms. The lowest BCUT2D eigenvalue weighted by molar-refractivity contribution is -0.132. The second-order valence-corrected chi connectivity index (χ2v) is 6.62. The molecular formula is C14H18ClNO2S. The average molecular weight is 300 g/mol. The van der Waals surface area contributed by atoms with E-state index in [0.29, 0.717) is 12.8 Å². The van der Waals surface area contributed by atoms with Gasteiger partial charge in [-0.3, -0.25) is 9.59 Å². The van der Waals surface area contributed by atoms with Gasteiger partial charge in [-0.25, -0.2) is 0 Å². The molecule has 1 heterocycles. The first kappa shape index (κ1) is 16.1. The molecule has 3 nitrogen and oxygen atoms in total. The topological polar surface area (TPSA) is 37.4 Å². The molecule has 1 atom stereocenters. The number of halogens is 1. The maximum atomic E-state index is 11.7. The molecule has 1 aromatic rings. The van der Waals surface area contributed by atoms with E-state index in [2.05, 4.69) is 31.2 Å². The molecular weight excluding hydrogens is 282 g/mol. The van der Waals surface area contributed by atoms with Gasteiger partial charge in [-0.1, -0.05) is 34.1 Å². The quantitative estimate of drug-likeness (QED) is 0.539. The lowest BCUT2D eigenvalue weighted by Gasteiger charge is -2.14. The molecule has 1 unspecified atom stereocenters. The predicted octanol–water partition coefficient (Wildman–Crippen LogP) is -0.799. The molecule has 0 aromatic heterocycles. The van der Waals surface area contributed by atoms with Crippen molar-refractivity contribution in [2.24, 2.45) is 0 Å². The van der Waals surface area contributed by atoms with Gasteiger partial charge in [0.25, 0.3) is 11.8 Å². The monoisotopic (exact) mass is 299 g/mol. The Labute approximate surface area is 123 Å². The zero-order valence-corrected chi connectivity index (χ0v) is 12.8. The Balaban J connectivity index is 0.00000180. The summed E-state index contributed by atoms with van der Waals surface area (Å²) >= 11 is -0.290. The fourth-order valence-electron chi connectivity index (χ4n) is 2.02. The van der Waals surface area contributed by atoms with Gasteiger partial charge in [0.05, 0.1) is 0 Å². The molecule has 0 aliphatic carbocycles. The van der Waals surface area contributed by atoms with Gasteiger partial charge in [0.15, 0.2) is 5.75 Å². The molecule has 1 saturated heterocycles. The Morgan fingerprint density at radius 1 is 1.11 bits per heavy atom. The number of imide groups is 1. The van der Waals surface area contributed by atoms with Gasteiger partial charge in [0.2, 0.25) is 0 Å². The van der Waals surface area contributed by atoms with Crippen LogP contribution in [0, 0.1) is 6.92 Å². The third-order valence-corrected chi connectivity index (χ3v) is 5.31. The zero-order chi connectivity index (χ0) is 13.1. The van der Waals surface area contributed by atoms with E-state index in [0.717, 1.165) is 11.5 Å². The van der Waals surface area contributed by atoms with Crippen molar-refractivity contribution in [3.05, 3.63) is 35.4 Å². The lowest BCUT2D eigenvalue weighted by Crippen LogP contribution is -3.00. The molecule has 2 amide bonds.